The van der Waals surface area contributed by atoms with Crippen molar-refractivity contribution in [2.75, 3.05) is 0 Å². The minimum absolute atomic E-state index is 0.586. The Balaban J connectivity index is 1.61. The van der Waals surface area contributed by atoms with Gasteiger partial charge in [0.2, 0.25) is 0 Å². The smallest absolute Gasteiger partial charge is 0.0535 e. The first-order chi connectivity index (χ1) is 8.50. The van der Waals surface area contributed by atoms with Gasteiger partial charge in [-0.25, -0.2) is 0 Å². The number of nitrogens with zero attached hydrogens (tertiary/aromatic N) is 1. The number of rotatable bonds is 3. The Bertz CT molecular complexity index is 435. The Morgan fingerprint density at radius 3 is 2.78 bits per heavy atom. The predicted molar refractivity (Wildman–Crippen MR) is 73.1 cm³/mol. The Hall–Kier alpha value is -0.830. The SMILES string of the molecule is Cc1[nH]ncc1CN[C@@H]1C[C@H]2C[C@H]([C@H]1C)C2(C)C. The summed E-state index contributed by atoms with van der Waals surface area (Å²) in [6.45, 7) is 10.4. The lowest BCUT2D eigenvalue weighted by atomic mass is 9.45. The molecule has 3 aliphatic rings. The lowest BCUT2D eigenvalue weighted by Gasteiger charge is -2.62. The second kappa shape index (κ2) is 4.09. The molecule has 0 unspecified atom stereocenters. The normalized spacial score (nSPS) is 37.3. The second-order valence-corrected chi connectivity index (χ2v) is 6.96. The maximum atomic E-state index is 4.09. The van der Waals surface area contributed by atoms with Crippen molar-refractivity contribution in [1.82, 2.24) is 15.5 Å². The highest BCUT2D eigenvalue weighted by molar-refractivity contribution is 5.14. The van der Waals surface area contributed by atoms with E-state index in [4.69, 9.17) is 0 Å². The highest BCUT2D eigenvalue weighted by atomic mass is 15.1. The van der Waals surface area contributed by atoms with Crippen LogP contribution in [0.4, 0.5) is 0 Å². The van der Waals surface area contributed by atoms with Gasteiger partial charge in [0.1, 0.15) is 0 Å². The van der Waals surface area contributed by atoms with Gasteiger partial charge in [-0.05, 0) is 42.9 Å². The molecule has 3 saturated carbocycles. The molecule has 0 aromatic carbocycles. The van der Waals surface area contributed by atoms with Crippen LogP contribution >= 0.6 is 0 Å². The number of nitrogens with one attached hydrogen (secondary N) is 2. The van der Waals surface area contributed by atoms with Gasteiger partial charge in [-0.15, -0.1) is 0 Å². The minimum atomic E-state index is 0.586. The Labute approximate surface area is 110 Å². The van der Waals surface area contributed by atoms with Gasteiger partial charge in [0.15, 0.2) is 0 Å². The van der Waals surface area contributed by atoms with Crippen molar-refractivity contribution in [3.05, 3.63) is 17.5 Å². The van der Waals surface area contributed by atoms with Crippen molar-refractivity contribution < 1.29 is 0 Å². The van der Waals surface area contributed by atoms with Crippen molar-refractivity contribution in [2.45, 2.75) is 53.1 Å². The average molecular weight is 247 g/mol. The van der Waals surface area contributed by atoms with Gasteiger partial charge in [0.25, 0.3) is 0 Å². The highest BCUT2D eigenvalue weighted by Crippen LogP contribution is 2.61. The molecule has 0 aliphatic heterocycles. The molecule has 1 heterocycles. The summed E-state index contributed by atoms with van der Waals surface area (Å²) in [6.07, 6.45) is 4.75. The molecule has 3 aliphatic carbocycles. The third-order valence-electron chi connectivity index (χ3n) is 5.84. The van der Waals surface area contributed by atoms with Crippen LogP contribution in [0.2, 0.25) is 0 Å². The van der Waals surface area contributed by atoms with E-state index < -0.39 is 0 Å². The summed E-state index contributed by atoms with van der Waals surface area (Å²) in [7, 11) is 0. The number of aryl methyl sites for hydroxylation is 1. The number of hydrogen-bond donors (Lipinski definition) is 2. The number of aromatic amines is 1. The number of aromatic nitrogens is 2. The topological polar surface area (TPSA) is 40.7 Å². The van der Waals surface area contributed by atoms with Gasteiger partial charge >= 0.3 is 0 Å². The largest absolute Gasteiger partial charge is 0.310 e. The molecule has 1 aromatic rings. The number of hydrogen-bond acceptors (Lipinski definition) is 2. The summed E-state index contributed by atoms with van der Waals surface area (Å²) in [5, 5.41) is 10.8. The molecule has 3 nitrogen and oxygen atoms in total. The fourth-order valence-electron chi connectivity index (χ4n) is 4.21. The van der Waals surface area contributed by atoms with Crippen molar-refractivity contribution in [3.63, 3.8) is 0 Å². The van der Waals surface area contributed by atoms with E-state index in [0.29, 0.717) is 11.5 Å². The molecule has 100 valence electrons. The summed E-state index contributed by atoms with van der Waals surface area (Å²) in [4.78, 5) is 0. The van der Waals surface area contributed by atoms with Crippen molar-refractivity contribution in [3.8, 4) is 0 Å². The van der Waals surface area contributed by atoms with Crippen molar-refractivity contribution >= 4 is 0 Å². The van der Waals surface area contributed by atoms with E-state index in [2.05, 4.69) is 43.2 Å². The first-order valence-electron chi connectivity index (χ1n) is 7.22. The summed E-state index contributed by atoms with van der Waals surface area (Å²) in [6, 6.07) is 0.691. The van der Waals surface area contributed by atoms with E-state index in [1.807, 2.05) is 6.20 Å². The molecule has 4 rings (SSSR count). The summed E-state index contributed by atoms with van der Waals surface area (Å²) >= 11 is 0. The maximum Gasteiger partial charge on any atom is 0.0535 e. The fourth-order valence-corrected chi connectivity index (χ4v) is 4.21. The van der Waals surface area contributed by atoms with Gasteiger partial charge in [-0.2, -0.15) is 5.10 Å². The molecule has 18 heavy (non-hydrogen) atoms. The second-order valence-electron chi connectivity index (χ2n) is 6.96. The molecule has 3 fully saturated rings. The van der Waals surface area contributed by atoms with Crippen molar-refractivity contribution in [1.29, 1.82) is 0 Å². The molecular weight excluding hydrogens is 222 g/mol. The van der Waals surface area contributed by atoms with Crippen LogP contribution in [-0.4, -0.2) is 16.2 Å². The van der Waals surface area contributed by atoms with Crippen LogP contribution in [0.1, 0.15) is 44.9 Å². The van der Waals surface area contributed by atoms with Crippen LogP contribution in [0.25, 0.3) is 0 Å². The third-order valence-corrected chi connectivity index (χ3v) is 5.84. The van der Waals surface area contributed by atoms with E-state index >= 15 is 0 Å². The predicted octanol–water partition coefficient (Wildman–Crippen LogP) is 2.88. The Morgan fingerprint density at radius 1 is 1.44 bits per heavy atom. The number of H-pyrrole nitrogens is 1. The van der Waals surface area contributed by atoms with Crippen molar-refractivity contribution in [2.24, 2.45) is 23.2 Å². The van der Waals surface area contributed by atoms with Crippen LogP contribution in [0.5, 0.6) is 0 Å². The highest BCUT2D eigenvalue weighted by Gasteiger charge is 2.55. The van der Waals surface area contributed by atoms with E-state index in [-0.39, 0.29) is 0 Å². The number of fused-ring (bicyclic) bond motifs is 2. The molecule has 1 aromatic heterocycles. The van der Waals surface area contributed by atoms with Gasteiger partial charge in [0.05, 0.1) is 6.20 Å². The minimum Gasteiger partial charge on any atom is -0.310 e. The molecule has 0 radical (unpaired) electrons. The summed E-state index contributed by atoms with van der Waals surface area (Å²) in [5.41, 5.74) is 3.08. The van der Waals surface area contributed by atoms with Crippen LogP contribution < -0.4 is 5.32 Å². The molecule has 0 amide bonds. The van der Waals surface area contributed by atoms with Crippen LogP contribution in [-0.2, 0) is 6.54 Å². The molecule has 2 N–H and O–H groups in total. The van der Waals surface area contributed by atoms with Gasteiger partial charge in [-0.1, -0.05) is 20.8 Å². The first-order valence-corrected chi connectivity index (χ1v) is 7.22. The summed E-state index contributed by atoms with van der Waals surface area (Å²) in [5.74, 6) is 2.65. The Morgan fingerprint density at radius 2 is 2.22 bits per heavy atom. The lowest BCUT2D eigenvalue weighted by molar-refractivity contribution is -0.115. The lowest BCUT2D eigenvalue weighted by Crippen LogP contribution is -2.59. The standard InChI is InChI=1S/C15H25N3/c1-9-13-5-12(15(13,3)4)6-14(9)16-7-11-8-17-18-10(11)2/h8-9,12-14,16H,5-7H2,1-4H3,(H,17,18)/t9-,12-,13-,14-/m1/s1. The summed E-state index contributed by atoms with van der Waals surface area (Å²) < 4.78 is 0. The Kier molecular flexibility index (Phi) is 2.77. The maximum absolute atomic E-state index is 4.09. The molecule has 4 atom stereocenters. The molecule has 2 bridgehead atoms. The molecule has 0 spiro atoms. The zero-order valence-corrected chi connectivity index (χ0v) is 12.0. The molecule has 0 saturated heterocycles. The zero-order valence-electron chi connectivity index (χ0n) is 12.0. The van der Waals surface area contributed by atoms with Gasteiger partial charge in [0, 0.05) is 23.8 Å². The zero-order chi connectivity index (χ0) is 12.9. The van der Waals surface area contributed by atoms with Crippen LogP contribution in [0.3, 0.4) is 0 Å². The van der Waals surface area contributed by atoms with E-state index in [9.17, 15) is 0 Å². The van der Waals surface area contributed by atoms with E-state index in [1.165, 1.54) is 24.1 Å². The first kappa shape index (κ1) is 12.2. The molecule has 3 heteroatoms. The van der Waals surface area contributed by atoms with Gasteiger partial charge < -0.3 is 5.32 Å². The van der Waals surface area contributed by atoms with E-state index in [0.717, 1.165) is 24.3 Å². The van der Waals surface area contributed by atoms with E-state index in [1.54, 1.807) is 0 Å². The van der Waals surface area contributed by atoms with Crippen LogP contribution in [0, 0.1) is 30.1 Å². The fraction of sp³-hybridized carbons (Fsp3) is 0.800. The average Bonchev–Trinajstić information content (AvgIpc) is 2.73. The van der Waals surface area contributed by atoms with Gasteiger partial charge in [-0.3, -0.25) is 5.10 Å². The van der Waals surface area contributed by atoms with Crippen LogP contribution in [0.15, 0.2) is 6.20 Å². The quantitative estimate of drug-likeness (QED) is 0.862. The monoisotopic (exact) mass is 247 g/mol. The molecular formula is C15H25N3. The third kappa shape index (κ3) is 1.71.